The fourth-order valence-electron chi connectivity index (χ4n) is 1.43. The van der Waals surface area contributed by atoms with Gasteiger partial charge in [0.15, 0.2) is 0 Å². The number of amides is 1. The van der Waals surface area contributed by atoms with Gasteiger partial charge in [0.1, 0.15) is 0 Å². The molecule has 0 atom stereocenters. The summed E-state index contributed by atoms with van der Waals surface area (Å²) in [5.74, 6) is 0.456. The van der Waals surface area contributed by atoms with Crippen LogP contribution in [0.4, 0.5) is 5.69 Å². The van der Waals surface area contributed by atoms with Crippen LogP contribution in [0.2, 0.25) is 0 Å². The molecule has 1 amide bonds. The Labute approximate surface area is 109 Å². The summed E-state index contributed by atoms with van der Waals surface area (Å²) in [4.78, 5) is 12.8. The van der Waals surface area contributed by atoms with Gasteiger partial charge in [-0.2, -0.15) is 0 Å². The number of rotatable bonds is 2. The zero-order chi connectivity index (χ0) is 13.2. The molecule has 0 aromatic heterocycles. The standard InChI is InChI=1S/C14H21NOS/c1-9(2)11-7-6-10(8-12(11)17)15-13(16)14(3,4)5/h6-9,17H,1-5H3,(H,15,16). The normalized spacial score (nSPS) is 11.7. The van der Waals surface area contributed by atoms with E-state index in [1.807, 2.05) is 39.0 Å². The van der Waals surface area contributed by atoms with Gasteiger partial charge in [0.05, 0.1) is 0 Å². The first-order chi connectivity index (χ1) is 7.71. The van der Waals surface area contributed by atoms with Crippen LogP contribution in [0, 0.1) is 5.41 Å². The highest BCUT2D eigenvalue weighted by Crippen LogP contribution is 2.26. The predicted octanol–water partition coefficient (Wildman–Crippen LogP) is 4.08. The maximum absolute atomic E-state index is 11.8. The molecule has 1 rings (SSSR count). The highest BCUT2D eigenvalue weighted by Gasteiger charge is 2.21. The van der Waals surface area contributed by atoms with Crippen LogP contribution in [0.1, 0.15) is 46.1 Å². The van der Waals surface area contributed by atoms with Crippen molar-refractivity contribution in [3.8, 4) is 0 Å². The first-order valence-corrected chi connectivity index (χ1v) is 6.31. The molecule has 0 heterocycles. The maximum Gasteiger partial charge on any atom is 0.229 e. The molecule has 0 saturated heterocycles. The molecule has 0 radical (unpaired) electrons. The summed E-state index contributed by atoms with van der Waals surface area (Å²) in [7, 11) is 0. The van der Waals surface area contributed by atoms with E-state index in [0.717, 1.165) is 10.6 Å². The Bertz CT molecular complexity index is 419. The molecule has 1 N–H and O–H groups in total. The lowest BCUT2D eigenvalue weighted by Crippen LogP contribution is -2.27. The van der Waals surface area contributed by atoms with Gasteiger partial charge in [-0.1, -0.05) is 40.7 Å². The summed E-state index contributed by atoms with van der Waals surface area (Å²) in [5, 5.41) is 2.90. The molecule has 0 unspecified atom stereocenters. The fraction of sp³-hybridized carbons (Fsp3) is 0.500. The number of hydrogen-bond acceptors (Lipinski definition) is 2. The minimum atomic E-state index is -0.381. The van der Waals surface area contributed by atoms with Crippen LogP contribution in [0.3, 0.4) is 0 Å². The minimum Gasteiger partial charge on any atom is -0.326 e. The van der Waals surface area contributed by atoms with E-state index in [-0.39, 0.29) is 11.3 Å². The highest BCUT2D eigenvalue weighted by atomic mass is 32.1. The van der Waals surface area contributed by atoms with Crippen molar-refractivity contribution in [2.75, 3.05) is 5.32 Å². The van der Waals surface area contributed by atoms with E-state index in [9.17, 15) is 4.79 Å². The Kier molecular flexibility index (Phi) is 4.26. The Morgan fingerprint density at radius 1 is 1.29 bits per heavy atom. The van der Waals surface area contributed by atoms with E-state index in [0.29, 0.717) is 5.92 Å². The molecule has 0 fully saturated rings. The molecule has 94 valence electrons. The molecule has 2 nitrogen and oxygen atoms in total. The number of nitrogens with one attached hydrogen (secondary N) is 1. The molecule has 1 aromatic rings. The number of thiol groups is 1. The van der Waals surface area contributed by atoms with Gasteiger partial charge >= 0.3 is 0 Å². The van der Waals surface area contributed by atoms with Crippen molar-refractivity contribution in [2.24, 2.45) is 5.41 Å². The zero-order valence-electron chi connectivity index (χ0n) is 11.2. The molecule has 0 bridgehead atoms. The van der Waals surface area contributed by atoms with Crippen LogP contribution in [-0.2, 0) is 4.79 Å². The Balaban J connectivity index is 2.89. The van der Waals surface area contributed by atoms with E-state index in [4.69, 9.17) is 0 Å². The summed E-state index contributed by atoms with van der Waals surface area (Å²) in [6.45, 7) is 9.94. The zero-order valence-corrected chi connectivity index (χ0v) is 12.1. The SMILES string of the molecule is CC(C)c1ccc(NC(=O)C(C)(C)C)cc1S. The second kappa shape index (κ2) is 5.13. The summed E-state index contributed by atoms with van der Waals surface area (Å²) in [6, 6.07) is 5.85. The van der Waals surface area contributed by atoms with Crippen LogP contribution in [0.5, 0.6) is 0 Å². The molecule has 17 heavy (non-hydrogen) atoms. The van der Waals surface area contributed by atoms with Gasteiger partial charge in [-0.3, -0.25) is 4.79 Å². The van der Waals surface area contributed by atoms with Crippen LogP contribution in [0.15, 0.2) is 23.1 Å². The average molecular weight is 251 g/mol. The van der Waals surface area contributed by atoms with Crippen LogP contribution < -0.4 is 5.32 Å². The van der Waals surface area contributed by atoms with Gasteiger partial charge in [-0.25, -0.2) is 0 Å². The van der Waals surface area contributed by atoms with Crippen molar-refractivity contribution in [2.45, 2.75) is 45.4 Å². The van der Waals surface area contributed by atoms with Crippen LogP contribution in [-0.4, -0.2) is 5.91 Å². The maximum atomic E-state index is 11.8. The van der Waals surface area contributed by atoms with Crippen LogP contribution in [0.25, 0.3) is 0 Å². The van der Waals surface area contributed by atoms with E-state index >= 15 is 0 Å². The Morgan fingerprint density at radius 2 is 1.88 bits per heavy atom. The average Bonchev–Trinajstić information content (AvgIpc) is 2.15. The fourth-order valence-corrected chi connectivity index (χ4v) is 1.90. The number of carbonyl (C=O) groups is 1. The number of hydrogen-bond donors (Lipinski definition) is 2. The summed E-state index contributed by atoms with van der Waals surface area (Å²) >= 11 is 4.45. The lowest BCUT2D eigenvalue weighted by molar-refractivity contribution is -0.123. The molecule has 3 heteroatoms. The predicted molar refractivity (Wildman–Crippen MR) is 75.9 cm³/mol. The monoisotopic (exact) mass is 251 g/mol. The van der Waals surface area contributed by atoms with Crippen molar-refractivity contribution >= 4 is 24.2 Å². The number of anilines is 1. The van der Waals surface area contributed by atoms with Gasteiger partial charge in [-0.15, -0.1) is 12.6 Å². The summed E-state index contributed by atoms with van der Waals surface area (Å²) in [6.07, 6.45) is 0. The van der Waals surface area contributed by atoms with Gasteiger partial charge in [0.2, 0.25) is 5.91 Å². The van der Waals surface area contributed by atoms with E-state index in [1.54, 1.807) is 0 Å². The summed E-state index contributed by atoms with van der Waals surface area (Å²) < 4.78 is 0. The lowest BCUT2D eigenvalue weighted by Gasteiger charge is -2.18. The minimum absolute atomic E-state index is 0.0162. The van der Waals surface area contributed by atoms with Crippen molar-refractivity contribution < 1.29 is 4.79 Å². The third-order valence-electron chi connectivity index (χ3n) is 2.59. The van der Waals surface area contributed by atoms with Crippen molar-refractivity contribution in [3.63, 3.8) is 0 Å². The van der Waals surface area contributed by atoms with Gasteiger partial charge < -0.3 is 5.32 Å². The molecular formula is C14H21NOS. The summed E-state index contributed by atoms with van der Waals surface area (Å²) in [5.41, 5.74) is 1.62. The molecule has 1 aromatic carbocycles. The topological polar surface area (TPSA) is 29.1 Å². The van der Waals surface area contributed by atoms with Crippen LogP contribution >= 0.6 is 12.6 Å². The Hall–Kier alpha value is -0.960. The van der Waals surface area contributed by atoms with Gasteiger partial charge in [0, 0.05) is 16.0 Å². The van der Waals surface area contributed by atoms with Gasteiger partial charge in [0.25, 0.3) is 0 Å². The largest absolute Gasteiger partial charge is 0.326 e. The van der Waals surface area contributed by atoms with Crippen molar-refractivity contribution in [3.05, 3.63) is 23.8 Å². The third-order valence-corrected chi connectivity index (χ3v) is 2.98. The highest BCUT2D eigenvalue weighted by molar-refractivity contribution is 7.80. The van der Waals surface area contributed by atoms with Crippen molar-refractivity contribution in [1.82, 2.24) is 0 Å². The first-order valence-electron chi connectivity index (χ1n) is 5.86. The van der Waals surface area contributed by atoms with Gasteiger partial charge in [-0.05, 0) is 23.6 Å². The Morgan fingerprint density at radius 3 is 2.29 bits per heavy atom. The first kappa shape index (κ1) is 14.1. The quantitative estimate of drug-likeness (QED) is 0.762. The lowest BCUT2D eigenvalue weighted by atomic mass is 9.95. The number of carbonyl (C=O) groups excluding carboxylic acids is 1. The molecule has 0 spiro atoms. The molecule has 0 aliphatic heterocycles. The number of benzene rings is 1. The molecule has 0 aliphatic carbocycles. The third kappa shape index (κ3) is 3.77. The second-order valence-electron chi connectivity index (χ2n) is 5.63. The van der Waals surface area contributed by atoms with E-state index < -0.39 is 0 Å². The van der Waals surface area contributed by atoms with Crippen molar-refractivity contribution in [1.29, 1.82) is 0 Å². The molecule has 0 saturated carbocycles. The molecular weight excluding hydrogens is 230 g/mol. The van der Waals surface area contributed by atoms with E-state index in [2.05, 4.69) is 31.8 Å². The second-order valence-corrected chi connectivity index (χ2v) is 6.11. The molecule has 0 aliphatic rings. The van der Waals surface area contributed by atoms with E-state index in [1.165, 1.54) is 5.56 Å². The smallest absolute Gasteiger partial charge is 0.229 e.